The summed E-state index contributed by atoms with van der Waals surface area (Å²) in [4.78, 5) is 26.6. The molecular weight excluding hydrogens is 312 g/mol. The van der Waals surface area contributed by atoms with E-state index in [4.69, 9.17) is 9.47 Å². The topological polar surface area (TPSA) is 91.0 Å². The van der Waals surface area contributed by atoms with Gasteiger partial charge in [-0.15, -0.1) is 0 Å². The van der Waals surface area contributed by atoms with Crippen LogP contribution in [0, 0.1) is 10.1 Å². The summed E-state index contributed by atoms with van der Waals surface area (Å²) in [6, 6.07) is 13.4. The molecule has 0 bridgehead atoms. The van der Waals surface area contributed by atoms with Gasteiger partial charge in [0.1, 0.15) is 0 Å². The molecule has 0 radical (unpaired) electrons. The lowest BCUT2D eigenvalue weighted by molar-refractivity contribution is -0.385. The maximum absolute atomic E-state index is 11.9. The summed E-state index contributed by atoms with van der Waals surface area (Å²) in [7, 11) is 1.35. The number of nitro groups is 1. The van der Waals surface area contributed by atoms with E-state index in [2.05, 4.69) is 4.99 Å². The zero-order valence-corrected chi connectivity index (χ0v) is 12.6. The van der Waals surface area contributed by atoms with Crippen LogP contribution in [0.4, 0.5) is 5.69 Å². The monoisotopic (exact) mass is 324 g/mol. The number of nitrogens with zero attached hydrogens (tertiary/aromatic N) is 2. The molecule has 0 aromatic heterocycles. The Morgan fingerprint density at radius 3 is 2.62 bits per heavy atom. The number of benzene rings is 2. The van der Waals surface area contributed by atoms with E-state index in [0.29, 0.717) is 11.1 Å². The van der Waals surface area contributed by atoms with Crippen LogP contribution in [0.1, 0.15) is 11.1 Å². The number of aliphatic imine (C=N–C) groups is 1. The molecule has 0 aliphatic carbocycles. The fourth-order valence-electron chi connectivity index (χ4n) is 2.21. The number of carbonyl (C=O) groups excluding carboxylic acids is 1. The second kappa shape index (κ2) is 6.33. The molecule has 0 saturated heterocycles. The lowest BCUT2D eigenvalue weighted by Crippen LogP contribution is -2.04. The number of rotatable bonds is 4. The second-order valence-electron chi connectivity index (χ2n) is 4.89. The van der Waals surface area contributed by atoms with E-state index in [0.717, 1.165) is 0 Å². The van der Waals surface area contributed by atoms with Gasteiger partial charge in [0, 0.05) is 11.6 Å². The predicted molar refractivity (Wildman–Crippen MR) is 86.7 cm³/mol. The minimum absolute atomic E-state index is 0.0771. The number of ether oxygens (including phenoxy) is 2. The number of nitro benzene ring substituents is 1. The molecule has 0 unspecified atom stereocenters. The first-order valence-electron chi connectivity index (χ1n) is 6.99. The first-order valence-corrected chi connectivity index (χ1v) is 6.99. The fraction of sp³-hybridized carbons (Fsp3) is 0.0588. The minimum Gasteiger partial charge on any atom is -0.490 e. The molecule has 1 aliphatic rings. The zero-order valence-electron chi connectivity index (χ0n) is 12.6. The second-order valence-corrected chi connectivity index (χ2v) is 4.89. The van der Waals surface area contributed by atoms with Crippen LogP contribution in [0.3, 0.4) is 0 Å². The van der Waals surface area contributed by atoms with Gasteiger partial charge >= 0.3 is 11.7 Å². The van der Waals surface area contributed by atoms with E-state index in [9.17, 15) is 14.9 Å². The Morgan fingerprint density at radius 2 is 1.96 bits per heavy atom. The number of esters is 1. The van der Waals surface area contributed by atoms with Crippen LogP contribution in [0.2, 0.25) is 0 Å². The van der Waals surface area contributed by atoms with Crippen LogP contribution in [-0.2, 0) is 9.53 Å². The van der Waals surface area contributed by atoms with Gasteiger partial charge in [-0.3, -0.25) is 10.1 Å². The van der Waals surface area contributed by atoms with Crippen molar-refractivity contribution in [3.05, 3.63) is 75.5 Å². The summed E-state index contributed by atoms with van der Waals surface area (Å²) in [6.07, 6.45) is 1.44. The van der Waals surface area contributed by atoms with Gasteiger partial charge in [-0.25, -0.2) is 9.79 Å². The molecule has 1 aliphatic heterocycles. The molecule has 0 N–H and O–H groups in total. The summed E-state index contributed by atoms with van der Waals surface area (Å²) in [5.74, 6) is -0.258. The summed E-state index contributed by atoms with van der Waals surface area (Å²) < 4.78 is 10.1. The minimum atomic E-state index is -0.604. The SMILES string of the molecule is COc1ccc(C=C2N=C(c3ccccc3)OC2=O)cc1[N+](=O)[O-]. The maximum Gasteiger partial charge on any atom is 0.363 e. The quantitative estimate of drug-likeness (QED) is 0.373. The van der Waals surface area contributed by atoms with Gasteiger partial charge in [0.15, 0.2) is 11.4 Å². The molecule has 1 heterocycles. The van der Waals surface area contributed by atoms with E-state index in [1.54, 1.807) is 30.3 Å². The molecule has 0 spiro atoms. The number of carbonyl (C=O) groups is 1. The molecule has 2 aromatic rings. The van der Waals surface area contributed by atoms with E-state index < -0.39 is 10.9 Å². The van der Waals surface area contributed by atoms with Crippen molar-refractivity contribution in [1.82, 2.24) is 0 Å². The van der Waals surface area contributed by atoms with Crippen molar-refractivity contribution in [2.45, 2.75) is 0 Å². The highest BCUT2D eigenvalue weighted by molar-refractivity contribution is 6.12. The van der Waals surface area contributed by atoms with Gasteiger partial charge in [-0.1, -0.05) is 24.3 Å². The van der Waals surface area contributed by atoms with Crippen LogP contribution in [-0.4, -0.2) is 23.9 Å². The van der Waals surface area contributed by atoms with Crippen molar-refractivity contribution < 1.29 is 19.2 Å². The van der Waals surface area contributed by atoms with Gasteiger partial charge < -0.3 is 9.47 Å². The smallest absolute Gasteiger partial charge is 0.363 e. The average Bonchev–Trinajstić information content (AvgIpc) is 2.96. The standard InChI is InChI=1S/C17H12N2O5/c1-23-15-8-7-11(10-14(15)19(21)22)9-13-17(20)24-16(18-13)12-5-3-2-4-6-12/h2-10H,1H3. The van der Waals surface area contributed by atoms with Crippen LogP contribution in [0.25, 0.3) is 6.08 Å². The van der Waals surface area contributed by atoms with Crippen LogP contribution >= 0.6 is 0 Å². The number of hydrogen-bond donors (Lipinski definition) is 0. The molecular formula is C17H12N2O5. The van der Waals surface area contributed by atoms with Gasteiger partial charge in [0.25, 0.3) is 0 Å². The van der Waals surface area contributed by atoms with Gasteiger partial charge in [0.05, 0.1) is 12.0 Å². The zero-order chi connectivity index (χ0) is 17.1. The summed E-state index contributed by atoms with van der Waals surface area (Å²) in [5, 5.41) is 11.1. The lowest BCUT2D eigenvalue weighted by Gasteiger charge is -2.02. The van der Waals surface area contributed by atoms with Crippen LogP contribution in [0.15, 0.2) is 59.2 Å². The average molecular weight is 324 g/mol. The number of hydrogen-bond acceptors (Lipinski definition) is 6. The Hall–Kier alpha value is -3.48. The van der Waals surface area contributed by atoms with Crippen molar-refractivity contribution in [2.24, 2.45) is 4.99 Å². The fourth-order valence-corrected chi connectivity index (χ4v) is 2.21. The highest BCUT2D eigenvalue weighted by Gasteiger charge is 2.24. The molecule has 2 aromatic carbocycles. The molecule has 3 rings (SSSR count). The summed E-state index contributed by atoms with van der Waals surface area (Å²) in [5.41, 5.74) is 1.02. The molecule has 0 fully saturated rings. The Morgan fingerprint density at radius 1 is 1.21 bits per heavy atom. The Kier molecular flexibility index (Phi) is 4.07. The maximum atomic E-state index is 11.9. The highest BCUT2D eigenvalue weighted by atomic mass is 16.6. The normalized spacial score (nSPS) is 15.1. The van der Waals surface area contributed by atoms with Gasteiger partial charge in [0.2, 0.25) is 5.90 Å². The molecule has 7 heteroatoms. The van der Waals surface area contributed by atoms with E-state index in [-0.39, 0.29) is 23.0 Å². The van der Waals surface area contributed by atoms with Crippen molar-refractivity contribution >= 4 is 23.6 Å². The third-order valence-electron chi connectivity index (χ3n) is 3.34. The highest BCUT2D eigenvalue weighted by Crippen LogP contribution is 2.29. The number of cyclic esters (lactones) is 1. The van der Waals surface area contributed by atoms with E-state index in [1.165, 1.54) is 25.3 Å². The van der Waals surface area contributed by atoms with Crippen molar-refractivity contribution in [1.29, 1.82) is 0 Å². The van der Waals surface area contributed by atoms with E-state index in [1.807, 2.05) is 6.07 Å². The molecule has 0 amide bonds. The van der Waals surface area contributed by atoms with Crippen LogP contribution < -0.4 is 4.74 Å². The van der Waals surface area contributed by atoms with Crippen LogP contribution in [0.5, 0.6) is 5.75 Å². The van der Waals surface area contributed by atoms with Gasteiger partial charge in [-0.05, 0) is 29.8 Å². The number of methoxy groups -OCH3 is 1. The first kappa shape index (κ1) is 15.4. The summed E-state index contributed by atoms with van der Waals surface area (Å²) in [6.45, 7) is 0. The Labute approximate surface area is 137 Å². The third kappa shape index (κ3) is 3.00. The van der Waals surface area contributed by atoms with Crippen molar-refractivity contribution in [3.8, 4) is 5.75 Å². The van der Waals surface area contributed by atoms with Crippen molar-refractivity contribution in [3.63, 3.8) is 0 Å². The molecule has 7 nitrogen and oxygen atoms in total. The Bertz CT molecular complexity index is 872. The third-order valence-corrected chi connectivity index (χ3v) is 3.34. The largest absolute Gasteiger partial charge is 0.490 e. The Balaban J connectivity index is 1.97. The first-order chi connectivity index (χ1) is 11.6. The van der Waals surface area contributed by atoms with Gasteiger partial charge in [-0.2, -0.15) is 0 Å². The molecule has 120 valence electrons. The molecule has 0 saturated carbocycles. The van der Waals surface area contributed by atoms with E-state index >= 15 is 0 Å². The molecule has 24 heavy (non-hydrogen) atoms. The summed E-state index contributed by atoms with van der Waals surface area (Å²) >= 11 is 0. The molecule has 0 atom stereocenters. The van der Waals surface area contributed by atoms with Crippen molar-refractivity contribution in [2.75, 3.05) is 7.11 Å². The predicted octanol–water partition coefficient (Wildman–Crippen LogP) is 2.95. The lowest BCUT2D eigenvalue weighted by atomic mass is 10.1.